The number of rotatable bonds is 1. The fraction of sp³-hybridized carbons (Fsp3) is 0.125. The molecule has 0 spiro atoms. The van der Waals surface area contributed by atoms with Gasteiger partial charge in [0, 0.05) is 5.56 Å². The molecule has 56 valence electrons. The van der Waals surface area contributed by atoms with Crippen LogP contribution in [0.2, 0.25) is 0 Å². The van der Waals surface area contributed by atoms with Crippen molar-refractivity contribution in [3.63, 3.8) is 0 Å². The van der Waals surface area contributed by atoms with E-state index in [1.807, 2.05) is 6.07 Å². The number of aromatic hydroxyl groups is 1. The lowest BCUT2D eigenvalue weighted by Crippen LogP contribution is -1.85. The lowest BCUT2D eigenvalue weighted by molar-refractivity contribution is 0.275. The molecule has 0 fully saturated rings. The molecule has 0 aliphatic rings. The normalized spacial score (nSPS) is 9.09. The van der Waals surface area contributed by atoms with E-state index in [9.17, 15) is 0 Å². The third kappa shape index (κ3) is 1.48. The van der Waals surface area contributed by atoms with Gasteiger partial charge < -0.3 is 10.2 Å². The molecule has 1 aromatic rings. The Kier molecular flexibility index (Phi) is 2.09. The molecule has 0 saturated heterocycles. The zero-order valence-corrected chi connectivity index (χ0v) is 5.78. The van der Waals surface area contributed by atoms with Crippen LogP contribution in [0.5, 0.6) is 5.75 Å². The van der Waals surface area contributed by atoms with Crippen molar-refractivity contribution < 1.29 is 10.2 Å². The monoisotopic (exact) mass is 149 g/mol. The van der Waals surface area contributed by atoms with E-state index in [1.54, 1.807) is 0 Å². The van der Waals surface area contributed by atoms with Gasteiger partial charge in [0.05, 0.1) is 18.2 Å². The van der Waals surface area contributed by atoms with E-state index in [0.717, 1.165) is 0 Å². The van der Waals surface area contributed by atoms with E-state index in [-0.39, 0.29) is 12.4 Å². The number of benzene rings is 1. The van der Waals surface area contributed by atoms with E-state index in [1.165, 1.54) is 18.2 Å². The summed E-state index contributed by atoms with van der Waals surface area (Å²) in [5.41, 5.74) is 0.816. The van der Waals surface area contributed by atoms with Crippen LogP contribution in [0.15, 0.2) is 18.2 Å². The predicted molar refractivity (Wildman–Crippen MR) is 38.7 cm³/mol. The van der Waals surface area contributed by atoms with Crippen LogP contribution in [0.25, 0.3) is 0 Å². The Morgan fingerprint density at radius 2 is 2.18 bits per heavy atom. The predicted octanol–water partition coefficient (Wildman–Crippen LogP) is 0.756. The Bertz CT molecular complexity index is 301. The highest BCUT2D eigenvalue weighted by Gasteiger charge is 1.99. The first kappa shape index (κ1) is 7.58. The van der Waals surface area contributed by atoms with Crippen LogP contribution in [0, 0.1) is 11.3 Å². The van der Waals surface area contributed by atoms with Gasteiger partial charge in [0.15, 0.2) is 0 Å². The Morgan fingerprint density at radius 3 is 2.73 bits per heavy atom. The van der Waals surface area contributed by atoms with Gasteiger partial charge in [0.1, 0.15) is 5.75 Å². The Hall–Kier alpha value is -1.53. The third-order valence-electron chi connectivity index (χ3n) is 1.38. The van der Waals surface area contributed by atoms with Crippen molar-refractivity contribution in [1.82, 2.24) is 0 Å². The van der Waals surface area contributed by atoms with Crippen LogP contribution in [-0.4, -0.2) is 10.2 Å². The summed E-state index contributed by atoms with van der Waals surface area (Å²) in [5, 5.41) is 26.2. The first-order valence-electron chi connectivity index (χ1n) is 3.11. The lowest BCUT2D eigenvalue weighted by atomic mass is 10.1. The summed E-state index contributed by atoms with van der Waals surface area (Å²) in [6.07, 6.45) is 0. The van der Waals surface area contributed by atoms with Gasteiger partial charge in [-0.1, -0.05) is 0 Å². The second-order valence-corrected chi connectivity index (χ2v) is 2.11. The number of hydrogen-bond donors (Lipinski definition) is 2. The molecule has 2 N–H and O–H groups in total. The molecule has 1 rings (SSSR count). The zero-order valence-electron chi connectivity index (χ0n) is 5.78. The smallest absolute Gasteiger partial charge is 0.121 e. The van der Waals surface area contributed by atoms with Crippen molar-refractivity contribution in [2.45, 2.75) is 6.61 Å². The first-order chi connectivity index (χ1) is 5.27. The molecule has 0 aliphatic heterocycles. The fourth-order valence-electron chi connectivity index (χ4n) is 0.782. The second-order valence-electron chi connectivity index (χ2n) is 2.11. The lowest BCUT2D eigenvalue weighted by Gasteiger charge is -1.99. The van der Waals surface area contributed by atoms with Crippen molar-refractivity contribution in [2.24, 2.45) is 0 Å². The molecule has 0 aromatic heterocycles. The Balaban J connectivity index is 3.15. The minimum Gasteiger partial charge on any atom is -0.508 e. The van der Waals surface area contributed by atoms with E-state index in [4.69, 9.17) is 15.5 Å². The van der Waals surface area contributed by atoms with Gasteiger partial charge in [-0.3, -0.25) is 0 Å². The first-order valence-corrected chi connectivity index (χ1v) is 3.11. The van der Waals surface area contributed by atoms with Crippen molar-refractivity contribution >= 4 is 0 Å². The summed E-state index contributed by atoms with van der Waals surface area (Å²) in [7, 11) is 0. The van der Waals surface area contributed by atoms with Gasteiger partial charge >= 0.3 is 0 Å². The molecule has 0 bridgehead atoms. The highest BCUT2D eigenvalue weighted by Crippen LogP contribution is 2.17. The average molecular weight is 149 g/mol. The molecule has 3 heteroatoms. The number of aliphatic hydroxyl groups excluding tert-OH is 1. The molecule has 1 aromatic carbocycles. The second kappa shape index (κ2) is 3.04. The van der Waals surface area contributed by atoms with E-state index in [0.29, 0.717) is 11.1 Å². The Morgan fingerprint density at radius 1 is 1.45 bits per heavy atom. The van der Waals surface area contributed by atoms with Crippen LogP contribution in [0.4, 0.5) is 0 Å². The van der Waals surface area contributed by atoms with Gasteiger partial charge in [0.25, 0.3) is 0 Å². The van der Waals surface area contributed by atoms with Crippen LogP contribution in [0.1, 0.15) is 11.1 Å². The summed E-state index contributed by atoms with van der Waals surface area (Å²) in [6, 6.07) is 6.25. The van der Waals surface area contributed by atoms with Crippen molar-refractivity contribution in [2.75, 3.05) is 0 Å². The maximum Gasteiger partial charge on any atom is 0.121 e. The van der Waals surface area contributed by atoms with Gasteiger partial charge in [-0.2, -0.15) is 5.26 Å². The molecule has 3 nitrogen and oxygen atoms in total. The molecule has 0 atom stereocenters. The molecule has 11 heavy (non-hydrogen) atoms. The topological polar surface area (TPSA) is 64.2 Å². The third-order valence-corrected chi connectivity index (χ3v) is 1.38. The van der Waals surface area contributed by atoms with Gasteiger partial charge in [-0.15, -0.1) is 0 Å². The molecule has 0 aliphatic carbocycles. The highest BCUT2D eigenvalue weighted by molar-refractivity contribution is 5.40. The SMILES string of the molecule is N#Cc1ccc(O)c(CO)c1. The number of nitriles is 1. The minimum atomic E-state index is -0.249. The zero-order chi connectivity index (χ0) is 8.27. The quantitative estimate of drug-likeness (QED) is 0.619. The molecular weight excluding hydrogens is 142 g/mol. The van der Waals surface area contributed by atoms with Gasteiger partial charge in [-0.25, -0.2) is 0 Å². The van der Waals surface area contributed by atoms with Gasteiger partial charge in [0.2, 0.25) is 0 Å². The molecule has 0 radical (unpaired) electrons. The molecular formula is C8H7NO2. The maximum atomic E-state index is 9.06. The summed E-state index contributed by atoms with van der Waals surface area (Å²) < 4.78 is 0. The fourth-order valence-corrected chi connectivity index (χ4v) is 0.782. The Labute approximate surface area is 64.1 Å². The molecule has 0 saturated carbocycles. The van der Waals surface area contributed by atoms with Crippen LogP contribution in [0.3, 0.4) is 0 Å². The van der Waals surface area contributed by atoms with Crippen molar-refractivity contribution in [3.8, 4) is 11.8 Å². The van der Waals surface area contributed by atoms with Gasteiger partial charge in [-0.05, 0) is 18.2 Å². The largest absolute Gasteiger partial charge is 0.508 e. The van der Waals surface area contributed by atoms with Crippen molar-refractivity contribution in [1.29, 1.82) is 5.26 Å². The summed E-state index contributed by atoms with van der Waals surface area (Å²) in [6.45, 7) is -0.249. The number of phenols is 1. The van der Waals surface area contributed by atoms with Crippen LogP contribution >= 0.6 is 0 Å². The summed E-state index contributed by atoms with van der Waals surface area (Å²) >= 11 is 0. The molecule has 0 heterocycles. The van der Waals surface area contributed by atoms with Crippen LogP contribution < -0.4 is 0 Å². The minimum absolute atomic E-state index is 0.0199. The average Bonchev–Trinajstić information content (AvgIpc) is 2.05. The van der Waals surface area contributed by atoms with E-state index >= 15 is 0 Å². The van der Waals surface area contributed by atoms with E-state index in [2.05, 4.69) is 0 Å². The van der Waals surface area contributed by atoms with E-state index < -0.39 is 0 Å². The summed E-state index contributed by atoms with van der Waals surface area (Å²) in [4.78, 5) is 0. The number of nitrogens with zero attached hydrogens (tertiary/aromatic N) is 1. The summed E-state index contributed by atoms with van der Waals surface area (Å²) in [5.74, 6) is 0.0199. The highest BCUT2D eigenvalue weighted by atomic mass is 16.3. The van der Waals surface area contributed by atoms with Crippen LogP contribution in [-0.2, 0) is 6.61 Å². The maximum absolute atomic E-state index is 9.06. The number of aliphatic hydroxyl groups is 1. The molecule has 0 amide bonds. The standard InChI is InChI=1S/C8H7NO2/c9-4-6-1-2-8(11)7(3-6)5-10/h1-3,10-11H,5H2. The number of hydrogen-bond acceptors (Lipinski definition) is 3. The van der Waals surface area contributed by atoms with Crippen molar-refractivity contribution in [3.05, 3.63) is 29.3 Å². The molecule has 0 unspecified atom stereocenters.